The van der Waals surface area contributed by atoms with Crippen molar-refractivity contribution in [1.82, 2.24) is 20.3 Å². The first-order valence-electron chi connectivity index (χ1n) is 9.11. The Bertz CT molecular complexity index is 1170. The summed E-state index contributed by atoms with van der Waals surface area (Å²) in [6.45, 7) is 0. The first-order valence-corrected chi connectivity index (χ1v) is 9.11. The maximum Gasteiger partial charge on any atom is 0.269 e. The van der Waals surface area contributed by atoms with Gasteiger partial charge in [0.1, 0.15) is 0 Å². The third-order valence-electron chi connectivity index (χ3n) is 4.49. The maximum atomic E-state index is 5.37. The molecule has 1 N–H and O–H groups in total. The van der Waals surface area contributed by atoms with Gasteiger partial charge >= 0.3 is 0 Å². The number of hydrogen-bond donors (Lipinski definition) is 1. The topological polar surface area (TPSA) is 95.7 Å². The second kappa shape index (κ2) is 8.48. The number of aromatic nitrogens is 4. The van der Waals surface area contributed by atoms with Crippen molar-refractivity contribution in [2.24, 2.45) is 5.10 Å². The summed E-state index contributed by atoms with van der Waals surface area (Å²) < 4.78 is 16.1. The highest BCUT2D eigenvalue weighted by atomic mass is 16.5. The highest BCUT2D eigenvalue weighted by Crippen LogP contribution is 2.37. The summed E-state index contributed by atoms with van der Waals surface area (Å²) in [5.74, 6) is 1.96. The van der Waals surface area contributed by atoms with Gasteiger partial charge in [0.25, 0.3) is 5.95 Å². The van der Waals surface area contributed by atoms with Crippen molar-refractivity contribution in [3.63, 3.8) is 0 Å². The van der Waals surface area contributed by atoms with Crippen LogP contribution in [0.25, 0.3) is 10.8 Å². The second-order valence-corrected chi connectivity index (χ2v) is 6.25. The molecule has 3 aromatic carbocycles. The van der Waals surface area contributed by atoms with Gasteiger partial charge in [-0.2, -0.15) is 5.10 Å². The molecule has 0 fully saturated rings. The molecule has 1 aromatic heterocycles. The Labute approximate surface area is 172 Å². The number of rotatable bonds is 7. The Kier molecular flexibility index (Phi) is 5.42. The molecule has 1 heterocycles. The summed E-state index contributed by atoms with van der Waals surface area (Å²) in [5, 5.41) is 21.5. The summed E-state index contributed by atoms with van der Waals surface area (Å²) in [6.07, 6.45) is 1.61. The van der Waals surface area contributed by atoms with Crippen molar-refractivity contribution in [3.05, 3.63) is 60.2 Å². The molecule has 152 valence electrons. The molecule has 0 aliphatic heterocycles. The first kappa shape index (κ1) is 19.2. The Morgan fingerprint density at radius 1 is 0.933 bits per heavy atom. The van der Waals surface area contributed by atoms with Crippen molar-refractivity contribution in [1.29, 1.82) is 0 Å². The third kappa shape index (κ3) is 3.72. The molecular weight excluding hydrogens is 384 g/mol. The first-order chi connectivity index (χ1) is 14.7. The minimum Gasteiger partial charge on any atom is -0.493 e. The Balaban J connectivity index is 1.63. The number of tetrazole rings is 1. The quantitative estimate of drug-likeness (QED) is 0.471. The minimum absolute atomic E-state index is 0.384. The standard InChI is InChI=1S/C21H20N6O3/c1-28-18-11-14(12-19(29-2)20(18)30-3)13-22-27-21(24-25-26-27)23-17-10-6-8-15-7-4-5-9-16(15)17/h4-13H,1-3H3,(H,23,24,26). The molecule has 30 heavy (non-hydrogen) atoms. The Hall–Kier alpha value is -4.14. The van der Waals surface area contributed by atoms with Crippen molar-refractivity contribution in [3.8, 4) is 17.2 Å². The van der Waals surface area contributed by atoms with Crippen LogP contribution in [-0.2, 0) is 0 Å². The molecule has 0 spiro atoms. The van der Waals surface area contributed by atoms with Gasteiger partial charge in [0, 0.05) is 16.6 Å². The molecule has 0 saturated heterocycles. The average Bonchev–Trinajstić information content (AvgIpc) is 3.24. The zero-order valence-corrected chi connectivity index (χ0v) is 16.7. The molecule has 0 saturated carbocycles. The monoisotopic (exact) mass is 404 g/mol. The fourth-order valence-corrected chi connectivity index (χ4v) is 3.09. The van der Waals surface area contributed by atoms with Crippen molar-refractivity contribution >= 4 is 28.6 Å². The van der Waals surface area contributed by atoms with Crippen LogP contribution in [0.15, 0.2) is 59.7 Å². The van der Waals surface area contributed by atoms with Crippen molar-refractivity contribution in [2.75, 3.05) is 26.6 Å². The Morgan fingerprint density at radius 2 is 1.67 bits per heavy atom. The fourth-order valence-electron chi connectivity index (χ4n) is 3.09. The number of nitrogens with zero attached hydrogens (tertiary/aromatic N) is 5. The van der Waals surface area contributed by atoms with E-state index in [-0.39, 0.29) is 0 Å². The summed E-state index contributed by atoms with van der Waals surface area (Å²) in [6, 6.07) is 17.6. The molecule has 0 unspecified atom stereocenters. The predicted octanol–water partition coefficient (Wildman–Crippen LogP) is 3.48. The normalized spacial score (nSPS) is 11.0. The summed E-state index contributed by atoms with van der Waals surface area (Å²) in [7, 11) is 4.68. The highest BCUT2D eigenvalue weighted by molar-refractivity contribution is 5.94. The molecule has 0 aliphatic carbocycles. The zero-order valence-electron chi connectivity index (χ0n) is 16.7. The Morgan fingerprint density at radius 3 is 2.40 bits per heavy atom. The van der Waals surface area contributed by atoms with Gasteiger partial charge in [-0.05, 0) is 34.0 Å². The number of anilines is 2. The van der Waals surface area contributed by atoms with E-state index in [1.807, 2.05) is 42.5 Å². The number of methoxy groups -OCH3 is 3. The molecule has 0 atom stereocenters. The van der Waals surface area contributed by atoms with E-state index in [2.05, 4.69) is 25.9 Å². The third-order valence-corrected chi connectivity index (χ3v) is 4.49. The van der Waals surface area contributed by atoms with E-state index >= 15 is 0 Å². The van der Waals surface area contributed by atoms with Crippen LogP contribution in [0.3, 0.4) is 0 Å². The summed E-state index contributed by atoms with van der Waals surface area (Å²) >= 11 is 0. The van der Waals surface area contributed by atoms with Crippen LogP contribution in [0.4, 0.5) is 11.6 Å². The molecule has 9 nitrogen and oxygen atoms in total. The van der Waals surface area contributed by atoms with Crippen molar-refractivity contribution in [2.45, 2.75) is 0 Å². The molecule has 0 radical (unpaired) electrons. The zero-order chi connectivity index (χ0) is 20.9. The predicted molar refractivity (Wildman–Crippen MR) is 114 cm³/mol. The summed E-state index contributed by atoms with van der Waals surface area (Å²) in [5.41, 5.74) is 1.61. The highest BCUT2D eigenvalue weighted by Gasteiger charge is 2.13. The molecular formula is C21H20N6O3. The summed E-state index contributed by atoms with van der Waals surface area (Å²) in [4.78, 5) is 1.31. The largest absolute Gasteiger partial charge is 0.493 e. The lowest BCUT2D eigenvalue weighted by Gasteiger charge is -2.12. The van der Waals surface area contributed by atoms with Crippen LogP contribution in [0.2, 0.25) is 0 Å². The second-order valence-electron chi connectivity index (χ2n) is 6.25. The van der Waals surface area contributed by atoms with Gasteiger partial charge in [-0.25, -0.2) is 0 Å². The van der Waals surface area contributed by atoms with Gasteiger partial charge in [-0.15, -0.1) is 0 Å². The number of hydrogen-bond acceptors (Lipinski definition) is 8. The van der Waals surface area contributed by atoms with Gasteiger partial charge in [0.2, 0.25) is 5.75 Å². The van der Waals surface area contributed by atoms with Crippen LogP contribution in [0.1, 0.15) is 5.56 Å². The van der Waals surface area contributed by atoms with E-state index in [1.54, 1.807) is 39.7 Å². The molecule has 0 amide bonds. The number of benzene rings is 3. The lowest BCUT2D eigenvalue weighted by atomic mass is 10.1. The molecule has 4 aromatic rings. The van der Waals surface area contributed by atoms with E-state index in [0.29, 0.717) is 23.2 Å². The molecule has 9 heteroatoms. The average molecular weight is 404 g/mol. The number of nitrogens with one attached hydrogen (secondary N) is 1. The molecule has 4 rings (SSSR count). The van der Waals surface area contributed by atoms with Crippen LogP contribution < -0.4 is 19.5 Å². The maximum absolute atomic E-state index is 5.37. The van der Waals surface area contributed by atoms with E-state index in [1.165, 1.54) is 4.79 Å². The lowest BCUT2D eigenvalue weighted by Crippen LogP contribution is -2.02. The van der Waals surface area contributed by atoms with Gasteiger partial charge in [0.15, 0.2) is 11.5 Å². The van der Waals surface area contributed by atoms with Crippen LogP contribution in [-0.4, -0.2) is 47.9 Å². The minimum atomic E-state index is 0.384. The van der Waals surface area contributed by atoms with Crippen LogP contribution in [0.5, 0.6) is 17.2 Å². The smallest absolute Gasteiger partial charge is 0.269 e. The van der Waals surface area contributed by atoms with Gasteiger partial charge < -0.3 is 19.5 Å². The number of fused-ring (bicyclic) bond motifs is 1. The van der Waals surface area contributed by atoms with Crippen molar-refractivity contribution < 1.29 is 14.2 Å². The van der Waals surface area contributed by atoms with Gasteiger partial charge in [0.05, 0.1) is 27.5 Å². The SMILES string of the molecule is COc1cc(C=Nn2nnnc2Nc2cccc3ccccc23)cc(OC)c1OC. The van der Waals surface area contributed by atoms with Crippen LogP contribution in [0, 0.1) is 0 Å². The van der Waals surface area contributed by atoms with Gasteiger partial charge in [-0.3, -0.25) is 0 Å². The van der Waals surface area contributed by atoms with E-state index < -0.39 is 0 Å². The number of ether oxygens (including phenoxy) is 3. The van der Waals surface area contributed by atoms with Crippen LogP contribution >= 0.6 is 0 Å². The van der Waals surface area contributed by atoms with E-state index in [9.17, 15) is 0 Å². The van der Waals surface area contributed by atoms with Gasteiger partial charge in [-0.1, -0.05) is 46.3 Å². The lowest BCUT2D eigenvalue weighted by molar-refractivity contribution is 0.324. The van der Waals surface area contributed by atoms with E-state index in [4.69, 9.17) is 14.2 Å². The van der Waals surface area contributed by atoms with E-state index in [0.717, 1.165) is 22.0 Å². The molecule has 0 aliphatic rings. The molecule has 0 bridgehead atoms. The fraction of sp³-hybridized carbons (Fsp3) is 0.143.